The fourth-order valence-electron chi connectivity index (χ4n) is 4.23. The van der Waals surface area contributed by atoms with E-state index >= 15 is 0 Å². The summed E-state index contributed by atoms with van der Waals surface area (Å²) in [6.45, 7) is 3.55. The van der Waals surface area contributed by atoms with Crippen molar-refractivity contribution in [1.82, 2.24) is 14.5 Å². The van der Waals surface area contributed by atoms with Crippen LogP contribution in [0.1, 0.15) is 40.4 Å². The van der Waals surface area contributed by atoms with Crippen molar-refractivity contribution in [2.24, 2.45) is 0 Å². The molecule has 0 saturated heterocycles. The Morgan fingerprint density at radius 2 is 2.03 bits per heavy atom. The van der Waals surface area contributed by atoms with E-state index in [1.165, 1.54) is 6.33 Å². The predicted octanol–water partition coefficient (Wildman–Crippen LogP) is 5.75. The number of anilines is 1. The first-order valence-electron chi connectivity index (χ1n) is 10.7. The van der Waals surface area contributed by atoms with Gasteiger partial charge >= 0.3 is 5.97 Å². The molecule has 0 spiro atoms. The van der Waals surface area contributed by atoms with E-state index in [0.29, 0.717) is 18.0 Å². The first kappa shape index (κ1) is 20.5. The van der Waals surface area contributed by atoms with Gasteiger partial charge in [0.1, 0.15) is 12.1 Å². The average Bonchev–Trinajstić information content (AvgIpc) is 3.58. The van der Waals surface area contributed by atoms with Crippen molar-refractivity contribution in [3.8, 4) is 11.3 Å². The molecule has 2 heterocycles. The van der Waals surface area contributed by atoms with Gasteiger partial charge in [0.25, 0.3) is 0 Å². The number of aromatic carboxylic acids is 1. The maximum atomic E-state index is 11.6. The SMILES string of the molecule is Cc1cc2c(Cl)cccc2n1CCNc1cc(-c2ccc(C(=O)O)c(C3CC3)c2)ncn1. The van der Waals surface area contributed by atoms with Gasteiger partial charge in [0.2, 0.25) is 0 Å². The summed E-state index contributed by atoms with van der Waals surface area (Å²) >= 11 is 6.33. The highest BCUT2D eigenvalue weighted by molar-refractivity contribution is 6.35. The summed E-state index contributed by atoms with van der Waals surface area (Å²) in [5.41, 5.74) is 5.24. The summed E-state index contributed by atoms with van der Waals surface area (Å²) in [4.78, 5) is 20.3. The lowest BCUT2D eigenvalue weighted by Crippen LogP contribution is -2.12. The second-order valence-corrected chi connectivity index (χ2v) is 8.61. The number of hydrogen-bond acceptors (Lipinski definition) is 4. The number of nitrogens with one attached hydrogen (secondary N) is 1. The van der Waals surface area contributed by atoms with Gasteiger partial charge in [0.15, 0.2) is 0 Å². The second kappa shape index (κ2) is 8.28. The monoisotopic (exact) mass is 446 g/mol. The van der Waals surface area contributed by atoms with Gasteiger partial charge in [0, 0.05) is 46.3 Å². The number of nitrogens with zero attached hydrogens (tertiary/aromatic N) is 3. The lowest BCUT2D eigenvalue weighted by molar-refractivity contribution is 0.0695. The minimum Gasteiger partial charge on any atom is -0.478 e. The molecule has 1 aliphatic rings. The number of rotatable bonds is 7. The maximum absolute atomic E-state index is 11.6. The van der Waals surface area contributed by atoms with Crippen molar-refractivity contribution in [3.05, 3.63) is 76.7 Å². The molecule has 162 valence electrons. The van der Waals surface area contributed by atoms with Crippen LogP contribution in [0.2, 0.25) is 5.02 Å². The number of carbonyl (C=O) groups is 1. The number of aromatic nitrogens is 3. The minimum absolute atomic E-state index is 0.341. The van der Waals surface area contributed by atoms with Gasteiger partial charge in [-0.2, -0.15) is 0 Å². The lowest BCUT2D eigenvalue weighted by atomic mass is 9.98. The normalized spacial score (nSPS) is 13.4. The van der Waals surface area contributed by atoms with Crippen LogP contribution in [-0.4, -0.2) is 32.2 Å². The van der Waals surface area contributed by atoms with Crippen LogP contribution in [0.15, 0.2) is 54.9 Å². The van der Waals surface area contributed by atoms with Crippen LogP contribution in [0, 0.1) is 6.92 Å². The molecule has 0 aliphatic heterocycles. The molecule has 1 fully saturated rings. The van der Waals surface area contributed by atoms with Crippen LogP contribution in [0.4, 0.5) is 5.82 Å². The molecule has 0 amide bonds. The standard InChI is InChI=1S/C25H23ClN4O2/c1-15-11-20-21(26)3-2-4-23(20)30(15)10-9-27-24-13-22(28-14-29-24)17-7-8-18(25(31)32)19(12-17)16-5-6-16/h2-4,7-8,11-14,16H,5-6,9-10H2,1H3,(H,31,32)(H,27,28,29). The number of halogens is 1. The van der Waals surface area contributed by atoms with Gasteiger partial charge in [-0.25, -0.2) is 14.8 Å². The molecule has 0 atom stereocenters. The zero-order valence-corrected chi connectivity index (χ0v) is 18.4. The second-order valence-electron chi connectivity index (χ2n) is 8.21. The van der Waals surface area contributed by atoms with E-state index in [-0.39, 0.29) is 0 Å². The molecule has 4 aromatic rings. The van der Waals surface area contributed by atoms with Crippen LogP contribution in [0.3, 0.4) is 0 Å². The molecule has 2 N–H and O–H groups in total. The predicted molar refractivity (Wildman–Crippen MR) is 127 cm³/mol. The van der Waals surface area contributed by atoms with Gasteiger partial charge in [-0.05, 0) is 61.6 Å². The number of carboxylic acid groups (broad SMARTS) is 1. The van der Waals surface area contributed by atoms with Crippen LogP contribution in [0.5, 0.6) is 0 Å². The van der Waals surface area contributed by atoms with Gasteiger partial charge < -0.3 is 15.0 Å². The van der Waals surface area contributed by atoms with Gasteiger partial charge in [-0.1, -0.05) is 23.7 Å². The van der Waals surface area contributed by atoms with Crippen LogP contribution < -0.4 is 5.32 Å². The molecular formula is C25H23ClN4O2. The first-order chi connectivity index (χ1) is 15.5. The number of aryl methyl sites for hydroxylation is 1. The zero-order chi connectivity index (χ0) is 22.2. The summed E-state index contributed by atoms with van der Waals surface area (Å²) in [6.07, 6.45) is 3.62. The average molecular weight is 447 g/mol. The number of benzene rings is 2. The molecule has 32 heavy (non-hydrogen) atoms. The fourth-order valence-corrected chi connectivity index (χ4v) is 4.46. The highest BCUT2D eigenvalue weighted by atomic mass is 35.5. The first-order valence-corrected chi connectivity index (χ1v) is 11.1. The number of fused-ring (bicyclic) bond motifs is 1. The summed E-state index contributed by atoms with van der Waals surface area (Å²) in [5, 5.41) is 14.7. The molecule has 0 unspecified atom stereocenters. The molecule has 0 radical (unpaired) electrons. The number of carboxylic acids is 1. The van der Waals surface area contributed by atoms with Gasteiger partial charge in [-0.3, -0.25) is 0 Å². The third-order valence-corrected chi connectivity index (χ3v) is 6.33. The van der Waals surface area contributed by atoms with Crippen molar-refractivity contribution in [2.75, 3.05) is 11.9 Å². The van der Waals surface area contributed by atoms with E-state index in [1.807, 2.05) is 30.3 Å². The van der Waals surface area contributed by atoms with Crippen molar-refractivity contribution >= 4 is 34.3 Å². The van der Waals surface area contributed by atoms with Crippen LogP contribution >= 0.6 is 11.6 Å². The van der Waals surface area contributed by atoms with E-state index in [4.69, 9.17) is 11.6 Å². The van der Waals surface area contributed by atoms with E-state index in [1.54, 1.807) is 6.07 Å². The van der Waals surface area contributed by atoms with E-state index < -0.39 is 5.97 Å². The lowest BCUT2D eigenvalue weighted by Gasteiger charge is -2.12. The zero-order valence-electron chi connectivity index (χ0n) is 17.7. The highest BCUT2D eigenvalue weighted by Gasteiger charge is 2.28. The Balaban J connectivity index is 1.33. The summed E-state index contributed by atoms with van der Waals surface area (Å²) < 4.78 is 2.24. The molecule has 0 bridgehead atoms. The maximum Gasteiger partial charge on any atom is 0.335 e. The van der Waals surface area contributed by atoms with Gasteiger partial charge in [-0.15, -0.1) is 0 Å². The van der Waals surface area contributed by atoms with E-state index in [0.717, 1.165) is 63.6 Å². The van der Waals surface area contributed by atoms with Crippen molar-refractivity contribution < 1.29 is 9.90 Å². The highest BCUT2D eigenvalue weighted by Crippen LogP contribution is 2.43. The van der Waals surface area contributed by atoms with Crippen molar-refractivity contribution in [2.45, 2.75) is 32.2 Å². The Morgan fingerprint density at radius 3 is 2.81 bits per heavy atom. The fraction of sp³-hybridized carbons (Fsp3) is 0.240. The van der Waals surface area contributed by atoms with Crippen LogP contribution in [0.25, 0.3) is 22.2 Å². The topological polar surface area (TPSA) is 80.0 Å². The molecule has 7 heteroatoms. The van der Waals surface area contributed by atoms with Crippen molar-refractivity contribution in [1.29, 1.82) is 0 Å². The molecule has 2 aromatic carbocycles. The summed E-state index contributed by atoms with van der Waals surface area (Å²) in [5.74, 6) is 0.198. The number of hydrogen-bond donors (Lipinski definition) is 2. The third kappa shape index (κ3) is 3.94. The molecule has 1 aliphatic carbocycles. The van der Waals surface area contributed by atoms with Crippen LogP contribution in [-0.2, 0) is 6.54 Å². The van der Waals surface area contributed by atoms with Gasteiger partial charge in [0.05, 0.1) is 11.3 Å². The Kier molecular flexibility index (Phi) is 5.31. The largest absolute Gasteiger partial charge is 0.478 e. The summed E-state index contributed by atoms with van der Waals surface area (Å²) in [7, 11) is 0. The minimum atomic E-state index is -0.877. The molecule has 1 saturated carbocycles. The smallest absolute Gasteiger partial charge is 0.335 e. The molecule has 5 rings (SSSR count). The Labute approximate surface area is 190 Å². The van der Waals surface area contributed by atoms with E-state index in [2.05, 4.69) is 38.9 Å². The molecular weight excluding hydrogens is 424 g/mol. The Hall–Kier alpha value is -3.38. The van der Waals surface area contributed by atoms with Crippen molar-refractivity contribution in [3.63, 3.8) is 0 Å². The molecule has 6 nitrogen and oxygen atoms in total. The third-order valence-electron chi connectivity index (χ3n) is 6.00. The quantitative estimate of drug-likeness (QED) is 0.378. The van der Waals surface area contributed by atoms with E-state index in [9.17, 15) is 9.90 Å². The Morgan fingerprint density at radius 1 is 1.19 bits per heavy atom. The molecule has 2 aromatic heterocycles. The Bertz CT molecular complexity index is 1330. The summed E-state index contributed by atoms with van der Waals surface area (Å²) in [6, 6.07) is 15.4.